The minimum absolute atomic E-state index is 0.0261. The number of hydrogen-bond acceptors (Lipinski definition) is 10. The number of thioether (sulfide) groups is 1. The van der Waals surface area contributed by atoms with E-state index in [1.165, 1.54) is 11.8 Å². The van der Waals surface area contributed by atoms with Crippen molar-refractivity contribution in [2.24, 2.45) is 17.3 Å². The van der Waals surface area contributed by atoms with Crippen LogP contribution in [-0.2, 0) is 29.6 Å². The quantitative estimate of drug-likeness (QED) is 0.184. The summed E-state index contributed by atoms with van der Waals surface area (Å²) in [4.78, 5) is 29.1. The molecule has 3 rings (SSSR count). The highest BCUT2D eigenvalue weighted by Crippen LogP contribution is 2.24. The maximum absolute atomic E-state index is 12.7. The maximum atomic E-state index is 12.7. The second kappa shape index (κ2) is 14.6. The van der Waals surface area contributed by atoms with Crippen LogP contribution < -0.4 is 16.0 Å². The highest BCUT2D eigenvalue weighted by molar-refractivity contribution is 8.15. The molecule has 2 amide bonds. The van der Waals surface area contributed by atoms with Gasteiger partial charge in [-0.05, 0) is 50.3 Å². The van der Waals surface area contributed by atoms with Gasteiger partial charge in [0.05, 0.1) is 24.4 Å². The Morgan fingerprint density at radius 1 is 1.16 bits per heavy atom. The van der Waals surface area contributed by atoms with Crippen LogP contribution in [0.5, 0.6) is 0 Å². The average Bonchev–Trinajstić information content (AvgIpc) is 3.32. The molecule has 3 N–H and O–H groups in total. The topological polar surface area (TPSA) is 151 Å². The van der Waals surface area contributed by atoms with Crippen molar-refractivity contribution in [3.05, 3.63) is 65.9 Å². The summed E-state index contributed by atoms with van der Waals surface area (Å²) in [6.07, 6.45) is 4.36. The number of amides is 2. The minimum atomic E-state index is -0.354. The van der Waals surface area contributed by atoms with Crippen LogP contribution >= 0.6 is 11.8 Å². The first-order valence-corrected chi connectivity index (χ1v) is 12.6. The number of hydrogen-bond donors (Lipinski definition) is 3. The van der Waals surface area contributed by atoms with Crippen LogP contribution in [-0.4, -0.2) is 67.9 Å². The molecule has 1 atom stereocenters. The standard InChI is InChI=1S/C24H30N10O2S/c1-25-12-9-17(16-37-24(32-26-2)23(36)28-15-19-10-13-34(3)33-19)20-7-8-21(31-30-20)29-22(35)14-18-6-4-5-11-27-18/h4-8,10-11,13,17,25H,2,9,12,14-16H2,1,3H3,(H,28,36)(H,29,31,35)/b32-24-. The van der Waals surface area contributed by atoms with Crippen LogP contribution in [0.1, 0.15) is 29.4 Å². The molecule has 3 heterocycles. The van der Waals surface area contributed by atoms with E-state index in [1.807, 2.05) is 32.3 Å². The predicted molar refractivity (Wildman–Crippen MR) is 144 cm³/mol. The summed E-state index contributed by atoms with van der Waals surface area (Å²) in [6, 6.07) is 10.8. The summed E-state index contributed by atoms with van der Waals surface area (Å²) in [6.45, 7) is 4.40. The fraction of sp³-hybridized carbons (Fsp3) is 0.333. The summed E-state index contributed by atoms with van der Waals surface area (Å²) in [7, 11) is 3.68. The lowest BCUT2D eigenvalue weighted by molar-refractivity contribution is -0.116. The molecular weight excluding hydrogens is 492 g/mol. The molecule has 0 aliphatic heterocycles. The molecule has 12 nitrogen and oxygen atoms in total. The molecular formula is C24H30N10O2S. The van der Waals surface area contributed by atoms with Crippen LogP contribution in [0.2, 0.25) is 0 Å². The SMILES string of the molecule is C=N/N=C(\SCC(CCNC)c1ccc(NC(=O)Cc2ccccn2)nn1)C(=O)NCc1ccn(C)n1. The number of carbonyl (C=O) groups is 2. The highest BCUT2D eigenvalue weighted by Gasteiger charge is 2.19. The van der Waals surface area contributed by atoms with Crippen molar-refractivity contribution in [3.63, 3.8) is 0 Å². The number of pyridine rings is 1. The van der Waals surface area contributed by atoms with Crippen molar-refractivity contribution in [1.29, 1.82) is 0 Å². The van der Waals surface area contributed by atoms with Gasteiger partial charge in [0.15, 0.2) is 10.9 Å². The minimum Gasteiger partial charge on any atom is -0.344 e. The normalized spacial score (nSPS) is 12.1. The first kappa shape index (κ1) is 27.6. The Hall–Kier alpha value is -3.97. The van der Waals surface area contributed by atoms with Crippen molar-refractivity contribution >= 4 is 41.2 Å². The Morgan fingerprint density at radius 2 is 2.03 bits per heavy atom. The zero-order valence-corrected chi connectivity index (χ0v) is 21.6. The van der Waals surface area contributed by atoms with Gasteiger partial charge in [-0.2, -0.15) is 15.3 Å². The summed E-state index contributed by atoms with van der Waals surface area (Å²) in [5.74, 6) is 0.274. The zero-order valence-electron chi connectivity index (χ0n) is 20.8. The fourth-order valence-corrected chi connectivity index (χ4v) is 4.32. The molecule has 0 saturated heterocycles. The lowest BCUT2D eigenvalue weighted by Gasteiger charge is -2.16. The summed E-state index contributed by atoms with van der Waals surface area (Å²) >= 11 is 1.27. The zero-order chi connectivity index (χ0) is 26.5. The summed E-state index contributed by atoms with van der Waals surface area (Å²) in [5.41, 5.74) is 2.15. The van der Waals surface area contributed by atoms with Crippen LogP contribution in [0.25, 0.3) is 0 Å². The van der Waals surface area contributed by atoms with E-state index in [4.69, 9.17) is 0 Å². The van der Waals surface area contributed by atoms with E-state index in [9.17, 15) is 9.59 Å². The van der Waals surface area contributed by atoms with Crippen molar-refractivity contribution in [3.8, 4) is 0 Å². The Labute approximate surface area is 219 Å². The monoisotopic (exact) mass is 522 g/mol. The molecule has 37 heavy (non-hydrogen) atoms. The van der Waals surface area contributed by atoms with Crippen molar-refractivity contribution in [2.45, 2.75) is 25.3 Å². The molecule has 1 unspecified atom stereocenters. The van der Waals surface area contributed by atoms with E-state index in [1.54, 1.807) is 35.3 Å². The van der Waals surface area contributed by atoms with E-state index >= 15 is 0 Å². The van der Waals surface area contributed by atoms with Gasteiger partial charge in [-0.15, -0.1) is 10.2 Å². The molecule has 3 aromatic heterocycles. The lowest BCUT2D eigenvalue weighted by Crippen LogP contribution is -2.29. The molecule has 0 radical (unpaired) electrons. The van der Waals surface area contributed by atoms with E-state index in [0.717, 1.165) is 24.4 Å². The van der Waals surface area contributed by atoms with Gasteiger partial charge in [0.1, 0.15) is 0 Å². The Bertz CT molecular complexity index is 1200. The molecule has 0 fully saturated rings. The third-order valence-corrected chi connectivity index (χ3v) is 6.27. The van der Waals surface area contributed by atoms with Gasteiger partial charge in [-0.3, -0.25) is 19.3 Å². The second-order valence-corrected chi connectivity index (χ2v) is 9.01. The van der Waals surface area contributed by atoms with Crippen molar-refractivity contribution in [1.82, 2.24) is 35.6 Å². The number of aryl methyl sites for hydroxylation is 1. The van der Waals surface area contributed by atoms with Crippen molar-refractivity contribution in [2.75, 3.05) is 24.7 Å². The number of aromatic nitrogens is 5. The first-order chi connectivity index (χ1) is 18.0. The average molecular weight is 523 g/mol. The van der Waals surface area contributed by atoms with Crippen LogP contribution in [0.4, 0.5) is 5.82 Å². The van der Waals surface area contributed by atoms with Gasteiger partial charge in [-0.1, -0.05) is 17.8 Å². The van der Waals surface area contributed by atoms with Crippen LogP contribution in [0.15, 0.2) is 59.0 Å². The Balaban J connectivity index is 1.59. The molecule has 0 aromatic carbocycles. The number of nitrogens with zero attached hydrogens (tertiary/aromatic N) is 7. The Morgan fingerprint density at radius 3 is 2.68 bits per heavy atom. The molecule has 0 bridgehead atoms. The fourth-order valence-electron chi connectivity index (χ4n) is 3.30. The van der Waals surface area contributed by atoms with Gasteiger partial charge in [0.25, 0.3) is 5.91 Å². The van der Waals surface area contributed by atoms with Crippen LogP contribution in [0, 0.1) is 0 Å². The summed E-state index contributed by atoms with van der Waals surface area (Å²) in [5, 5.41) is 29.1. The molecule has 194 valence electrons. The molecule has 0 saturated carbocycles. The van der Waals surface area contributed by atoms with E-state index in [-0.39, 0.29) is 35.7 Å². The van der Waals surface area contributed by atoms with E-state index in [2.05, 4.69) is 53.2 Å². The summed E-state index contributed by atoms with van der Waals surface area (Å²) < 4.78 is 1.67. The molecule has 3 aromatic rings. The van der Waals surface area contributed by atoms with Gasteiger partial charge < -0.3 is 16.0 Å². The molecule has 0 spiro atoms. The highest BCUT2D eigenvalue weighted by atomic mass is 32.2. The molecule has 13 heteroatoms. The van der Waals surface area contributed by atoms with Gasteiger partial charge in [0, 0.05) is 43.5 Å². The third-order valence-electron chi connectivity index (χ3n) is 5.16. The first-order valence-electron chi connectivity index (χ1n) is 11.6. The Kier molecular flexibility index (Phi) is 10.9. The van der Waals surface area contributed by atoms with Gasteiger partial charge in [-0.25, -0.2) is 0 Å². The number of anilines is 1. The maximum Gasteiger partial charge on any atom is 0.278 e. The third kappa shape index (κ3) is 9.20. The lowest BCUT2D eigenvalue weighted by atomic mass is 10.0. The van der Waals surface area contributed by atoms with E-state index < -0.39 is 0 Å². The number of nitrogens with one attached hydrogen (secondary N) is 3. The molecule has 0 aliphatic carbocycles. The smallest absolute Gasteiger partial charge is 0.278 e. The van der Waals surface area contributed by atoms with Gasteiger partial charge in [0.2, 0.25) is 5.91 Å². The van der Waals surface area contributed by atoms with E-state index in [0.29, 0.717) is 17.3 Å². The van der Waals surface area contributed by atoms with Crippen LogP contribution in [0.3, 0.4) is 0 Å². The van der Waals surface area contributed by atoms with Crippen molar-refractivity contribution < 1.29 is 9.59 Å². The number of rotatable bonds is 12. The van der Waals surface area contributed by atoms with Gasteiger partial charge >= 0.3 is 0 Å². The largest absolute Gasteiger partial charge is 0.344 e. The second-order valence-electron chi connectivity index (χ2n) is 8.00. The number of carbonyl (C=O) groups excluding carboxylic acids is 2. The predicted octanol–water partition coefficient (Wildman–Crippen LogP) is 1.54. The molecule has 0 aliphatic rings.